The summed E-state index contributed by atoms with van der Waals surface area (Å²) in [7, 11) is 0. The summed E-state index contributed by atoms with van der Waals surface area (Å²) in [5.41, 5.74) is 0. The smallest absolute Gasteiger partial charge is 0.448 e. The molecule has 139 valence electrons. The Morgan fingerprint density at radius 3 is 0.545 bits per heavy atom. The van der Waals surface area contributed by atoms with E-state index in [-0.39, 0.29) is 33.3 Å². The molecule has 8 N–H and O–H groups in total. The van der Waals surface area contributed by atoms with Gasteiger partial charge < -0.3 is 20.4 Å². The SMILES string of the molecule is O=C(O)OO.O=C(O)OO.O=C(O)OO.O=C(O)OO.[Co].[Ni]. The van der Waals surface area contributed by atoms with Gasteiger partial charge in [0, 0.05) is 33.3 Å². The third-order valence-electron chi connectivity index (χ3n) is 0.312. The minimum atomic E-state index is -1.69. The van der Waals surface area contributed by atoms with E-state index < -0.39 is 24.6 Å². The Bertz CT molecular complexity index is 223. The van der Waals surface area contributed by atoms with Crippen molar-refractivity contribution < 1.29 is 113 Å². The average molecular weight is 430 g/mol. The van der Waals surface area contributed by atoms with Crippen LogP contribution in [0.5, 0.6) is 0 Å². The fourth-order valence-corrected chi connectivity index (χ4v) is 0. The fraction of sp³-hybridized carbons (Fsp3) is 0. The maximum atomic E-state index is 8.90. The summed E-state index contributed by atoms with van der Waals surface area (Å²) in [6.07, 6.45) is -6.76. The largest absolute Gasteiger partial charge is 0.537 e. The van der Waals surface area contributed by atoms with Gasteiger partial charge >= 0.3 is 24.6 Å². The van der Waals surface area contributed by atoms with Crippen molar-refractivity contribution in [2.75, 3.05) is 0 Å². The second-order valence-corrected chi connectivity index (χ2v) is 1.43. The predicted octanol–water partition coefficient (Wildman–Crippen LogP) is 0.611. The maximum absolute atomic E-state index is 8.90. The molecule has 18 heteroatoms. The molecule has 0 aromatic carbocycles. The van der Waals surface area contributed by atoms with E-state index in [4.69, 9.17) is 60.6 Å². The molecule has 0 unspecified atom stereocenters. The topological polar surface area (TPSA) is 267 Å². The third-order valence-corrected chi connectivity index (χ3v) is 0.312. The molecule has 0 aromatic rings. The van der Waals surface area contributed by atoms with E-state index >= 15 is 0 Å². The van der Waals surface area contributed by atoms with Gasteiger partial charge in [0.05, 0.1) is 0 Å². The van der Waals surface area contributed by atoms with Crippen LogP contribution in [0.3, 0.4) is 0 Å². The number of carbonyl (C=O) groups is 4. The molecule has 0 bridgehead atoms. The molecule has 0 aromatic heterocycles. The molecule has 0 amide bonds. The number of rotatable bonds is 0. The van der Waals surface area contributed by atoms with Crippen molar-refractivity contribution in [3.05, 3.63) is 0 Å². The molecule has 0 fully saturated rings. The van der Waals surface area contributed by atoms with Crippen molar-refractivity contribution in [2.24, 2.45) is 0 Å². The van der Waals surface area contributed by atoms with E-state index in [0.29, 0.717) is 0 Å². The van der Waals surface area contributed by atoms with E-state index in [1.54, 1.807) is 0 Å². The van der Waals surface area contributed by atoms with Gasteiger partial charge in [-0.25, -0.2) is 19.2 Å². The van der Waals surface area contributed by atoms with Crippen molar-refractivity contribution >= 4 is 24.6 Å². The summed E-state index contributed by atoms with van der Waals surface area (Å²) in [5, 5.41) is 57.2. The first-order valence-corrected chi connectivity index (χ1v) is 3.26. The van der Waals surface area contributed by atoms with Crippen LogP contribution in [0.1, 0.15) is 0 Å². The second-order valence-electron chi connectivity index (χ2n) is 1.43. The summed E-state index contributed by atoms with van der Waals surface area (Å²) in [6, 6.07) is 0. The van der Waals surface area contributed by atoms with Gasteiger partial charge in [0.25, 0.3) is 0 Å². The minimum absolute atomic E-state index is 0. The number of carboxylic acid groups (broad SMARTS) is 4. The van der Waals surface area contributed by atoms with Crippen molar-refractivity contribution in [3.8, 4) is 0 Å². The van der Waals surface area contributed by atoms with Crippen LogP contribution in [0, 0.1) is 0 Å². The van der Waals surface area contributed by atoms with Crippen LogP contribution in [0.2, 0.25) is 0 Å². The quantitative estimate of drug-likeness (QED) is 0.113. The van der Waals surface area contributed by atoms with Gasteiger partial charge in [-0.05, 0) is 0 Å². The average Bonchev–Trinajstić information content (AvgIpc) is 2.40. The Labute approximate surface area is 138 Å². The fourth-order valence-electron chi connectivity index (χ4n) is 0. The van der Waals surface area contributed by atoms with E-state index in [0.717, 1.165) is 0 Å². The third kappa shape index (κ3) is 146. The molecule has 0 aliphatic heterocycles. The van der Waals surface area contributed by atoms with Crippen molar-refractivity contribution in [1.29, 1.82) is 0 Å². The first-order chi connectivity index (χ1) is 9.08. The van der Waals surface area contributed by atoms with Crippen LogP contribution in [0.25, 0.3) is 0 Å². The summed E-state index contributed by atoms with van der Waals surface area (Å²) in [4.78, 5) is 46.2. The normalized spacial score (nSPS) is 6.00. The Hall–Kier alpha value is -2.08. The molecule has 0 spiro atoms. The summed E-state index contributed by atoms with van der Waals surface area (Å²) >= 11 is 0. The summed E-state index contributed by atoms with van der Waals surface area (Å²) in [6.45, 7) is 0. The minimum Gasteiger partial charge on any atom is -0.448 e. The first-order valence-electron chi connectivity index (χ1n) is 3.26. The number of hydrogen-bond donors (Lipinski definition) is 8. The Balaban J connectivity index is -0.0000000376. The second kappa shape index (κ2) is 31.4. The zero-order valence-electron chi connectivity index (χ0n) is 9.49. The van der Waals surface area contributed by atoms with Gasteiger partial charge in [-0.3, -0.25) is 19.6 Å². The van der Waals surface area contributed by atoms with Crippen LogP contribution < -0.4 is 0 Å². The zero-order chi connectivity index (χ0) is 17.1. The van der Waals surface area contributed by atoms with Gasteiger partial charge in [-0.15, -0.1) is 0 Å². The van der Waals surface area contributed by atoms with Crippen molar-refractivity contribution in [3.63, 3.8) is 0 Å². The van der Waals surface area contributed by atoms with Crippen LogP contribution in [0.4, 0.5) is 19.2 Å². The molecule has 0 rings (SSSR count). The van der Waals surface area contributed by atoms with Crippen LogP contribution in [-0.4, -0.2) is 66.1 Å². The van der Waals surface area contributed by atoms with Crippen LogP contribution >= 0.6 is 0 Å². The van der Waals surface area contributed by atoms with Crippen LogP contribution in [0.15, 0.2) is 0 Å². The molecule has 0 aliphatic rings. The Morgan fingerprint density at radius 1 is 0.500 bits per heavy atom. The van der Waals surface area contributed by atoms with Crippen molar-refractivity contribution in [1.82, 2.24) is 0 Å². The molecule has 0 heterocycles. The van der Waals surface area contributed by atoms with Gasteiger partial charge in [0.1, 0.15) is 0 Å². The summed E-state index contributed by atoms with van der Waals surface area (Å²) in [5.74, 6) is 0. The predicted molar refractivity (Wildman–Crippen MR) is 47.0 cm³/mol. The molecule has 16 nitrogen and oxygen atoms in total. The Morgan fingerprint density at radius 2 is 0.545 bits per heavy atom. The van der Waals surface area contributed by atoms with Gasteiger partial charge in [0.2, 0.25) is 0 Å². The number of hydrogen-bond acceptors (Lipinski definition) is 12. The molecular weight excluding hydrogens is 422 g/mol. The van der Waals surface area contributed by atoms with Gasteiger partial charge in [0.15, 0.2) is 0 Å². The molecule has 1 radical (unpaired) electrons. The Kier molecular flexibility index (Phi) is 52.5. The first kappa shape index (κ1) is 36.8. The summed E-state index contributed by atoms with van der Waals surface area (Å²) < 4.78 is 0. The van der Waals surface area contributed by atoms with Gasteiger partial charge in [-0.1, -0.05) is 0 Å². The molecule has 0 aliphatic carbocycles. The maximum Gasteiger partial charge on any atom is 0.537 e. The monoisotopic (exact) mass is 429 g/mol. The van der Waals surface area contributed by atoms with Crippen LogP contribution in [-0.2, 0) is 52.8 Å². The van der Waals surface area contributed by atoms with E-state index in [1.165, 1.54) is 0 Å². The van der Waals surface area contributed by atoms with Crippen molar-refractivity contribution in [2.45, 2.75) is 0 Å². The zero-order valence-corrected chi connectivity index (χ0v) is 11.5. The van der Waals surface area contributed by atoms with Gasteiger partial charge in [-0.2, -0.15) is 21.0 Å². The standard InChI is InChI=1S/4CH2O4.Co.Ni/c4*2-1(3)5-4;;/h4*4H,(H,2,3);;. The molecule has 0 saturated carbocycles. The molecule has 0 atom stereocenters. The van der Waals surface area contributed by atoms with E-state index in [2.05, 4.69) is 19.6 Å². The van der Waals surface area contributed by atoms with E-state index in [1.807, 2.05) is 0 Å². The molecule has 0 saturated heterocycles. The van der Waals surface area contributed by atoms with E-state index in [9.17, 15) is 0 Å². The molecular formula is C4H8CoNiO16. The molecule has 22 heavy (non-hydrogen) atoms.